The second kappa shape index (κ2) is 7.18. The van der Waals surface area contributed by atoms with E-state index in [2.05, 4.69) is 25.5 Å². The number of amides is 1. The summed E-state index contributed by atoms with van der Waals surface area (Å²) >= 11 is 5.90. The van der Waals surface area contributed by atoms with Gasteiger partial charge in [-0.1, -0.05) is 41.9 Å². The maximum absolute atomic E-state index is 12.0. The fourth-order valence-electron chi connectivity index (χ4n) is 2.27. The van der Waals surface area contributed by atoms with Gasteiger partial charge in [-0.05, 0) is 0 Å². The SMILES string of the molecule is Cn1c(CCNC(=O)c2ncncc2Cl)nnc1-c1ccccc1. The summed E-state index contributed by atoms with van der Waals surface area (Å²) in [6, 6.07) is 9.82. The molecule has 0 aliphatic heterocycles. The van der Waals surface area contributed by atoms with Crippen molar-refractivity contribution in [2.45, 2.75) is 6.42 Å². The molecule has 0 aliphatic rings. The Morgan fingerprint density at radius 1 is 1.25 bits per heavy atom. The third-order valence-corrected chi connectivity index (χ3v) is 3.79. The van der Waals surface area contributed by atoms with Crippen molar-refractivity contribution in [3.8, 4) is 11.4 Å². The summed E-state index contributed by atoms with van der Waals surface area (Å²) in [6.07, 6.45) is 3.22. The maximum Gasteiger partial charge on any atom is 0.271 e. The van der Waals surface area contributed by atoms with Gasteiger partial charge in [-0.25, -0.2) is 9.97 Å². The van der Waals surface area contributed by atoms with Crippen LogP contribution >= 0.6 is 11.6 Å². The van der Waals surface area contributed by atoms with E-state index in [9.17, 15) is 4.79 Å². The predicted octanol–water partition coefficient (Wildman–Crippen LogP) is 1.90. The van der Waals surface area contributed by atoms with E-state index in [1.165, 1.54) is 12.5 Å². The molecule has 1 amide bonds. The lowest BCUT2D eigenvalue weighted by Gasteiger charge is -2.06. The number of benzene rings is 1. The zero-order valence-electron chi connectivity index (χ0n) is 13.0. The van der Waals surface area contributed by atoms with Gasteiger partial charge in [0.15, 0.2) is 5.82 Å². The van der Waals surface area contributed by atoms with E-state index in [1.54, 1.807) is 0 Å². The minimum Gasteiger partial charge on any atom is -0.350 e. The average Bonchev–Trinajstić information content (AvgIpc) is 2.97. The molecule has 3 rings (SSSR count). The second-order valence-electron chi connectivity index (χ2n) is 5.09. The largest absolute Gasteiger partial charge is 0.350 e. The normalized spacial score (nSPS) is 10.6. The van der Waals surface area contributed by atoms with E-state index >= 15 is 0 Å². The van der Waals surface area contributed by atoms with Crippen molar-refractivity contribution in [1.29, 1.82) is 0 Å². The van der Waals surface area contributed by atoms with Gasteiger partial charge in [-0.15, -0.1) is 10.2 Å². The highest BCUT2D eigenvalue weighted by molar-refractivity contribution is 6.33. The summed E-state index contributed by atoms with van der Waals surface area (Å²) < 4.78 is 1.92. The lowest BCUT2D eigenvalue weighted by molar-refractivity contribution is 0.0949. The zero-order chi connectivity index (χ0) is 16.9. The number of carbonyl (C=O) groups is 1. The van der Waals surface area contributed by atoms with Crippen LogP contribution < -0.4 is 5.32 Å². The standard InChI is InChI=1S/C16H15ClN6O/c1-23-13(21-22-15(23)11-5-3-2-4-6-11)7-8-19-16(24)14-12(17)9-18-10-20-14/h2-6,9-10H,7-8H2,1H3,(H,19,24). The third kappa shape index (κ3) is 3.41. The number of hydrogen-bond acceptors (Lipinski definition) is 5. The van der Waals surface area contributed by atoms with Gasteiger partial charge in [0.05, 0.1) is 5.02 Å². The minimum atomic E-state index is -0.340. The van der Waals surface area contributed by atoms with Crippen molar-refractivity contribution >= 4 is 17.5 Å². The van der Waals surface area contributed by atoms with Crippen LogP contribution in [0.2, 0.25) is 5.02 Å². The highest BCUT2D eigenvalue weighted by Gasteiger charge is 2.13. The molecule has 0 atom stereocenters. The van der Waals surface area contributed by atoms with E-state index in [-0.39, 0.29) is 16.6 Å². The van der Waals surface area contributed by atoms with Gasteiger partial charge in [0.25, 0.3) is 5.91 Å². The van der Waals surface area contributed by atoms with Crippen molar-refractivity contribution in [2.75, 3.05) is 6.54 Å². The number of nitrogens with one attached hydrogen (secondary N) is 1. The first-order valence-corrected chi connectivity index (χ1v) is 7.72. The first-order chi connectivity index (χ1) is 11.7. The van der Waals surface area contributed by atoms with E-state index in [0.29, 0.717) is 13.0 Å². The molecule has 0 radical (unpaired) electrons. The van der Waals surface area contributed by atoms with Gasteiger partial charge in [0.2, 0.25) is 0 Å². The highest BCUT2D eigenvalue weighted by Crippen LogP contribution is 2.16. The lowest BCUT2D eigenvalue weighted by Crippen LogP contribution is -2.27. The Labute approximate surface area is 143 Å². The summed E-state index contributed by atoms with van der Waals surface area (Å²) in [5.74, 6) is 1.23. The number of rotatable bonds is 5. The molecule has 24 heavy (non-hydrogen) atoms. The fraction of sp³-hybridized carbons (Fsp3) is 0.188. The lowest BCUT2D eigenvalue weighted by atomic mass is 10.2. The highest BCUT2D eigenvalue weighted by atomic mass is 35.5. The molecule has 122 valence electrons. The van der Waals surface area contributed by atoms with Crippen LogP contribution in [-0.4, -0.2) is 37.2 Å². The van der Waals surface area contributed by atoms with Crippen LogP contribution in [0.5, 0.6) is 0 Å². The van der Waals surface area contributed by atoms with E-state index in [4.69, 9.17) is 11.6 Å². The van der Waals surface area contributed by atoms with E-state index in [0.717, 1.165) is 17.2 Å². The molecule has 0 saturated heterocycles. The number of carbonyl (C=O) groups excluding carboxylic acids is 1. The summed E-state index contributed by atoms with van der Waals surface area (Å²) in [7, 11) is 1.90. The number of nitrogens with zero attached hydrogens (tertiary/aromatic N) is 5. The van der Waals surface area contributed by atoms with Crippen molar-refractivity contribution in [3.63, 3.8) is 0 Å². The molecule has 8 heteroatoms. The monoisotopic (exact) mass is 342 g/mol. The molecule has 0 bridgehead atoms. The molecule has 0 saturated carbocycles. The first kappa shape index (κ1) is 16.1. The van der Waals surface area contributed by atoms with Crippen LogP contribution in [0.25, 0.3) is 11.4 Å². The number of halogens is 1. The Morgan fingerprint density at radius 2 is 2.04 bits per heavy atom. The van der Waals surface area contributed by atoms with E-state index < -0.39 is 0 Å². The Balaban J connectivity index is 1.63. The number of aromatic nitrogens is 5. The van der Waals surface area contributed by atoms with Crippen LogP contribution in [0.15, 0.2) is 42.9 Å². The van der Waals surface area contributed by atoms with Crippen LogP contribution in [0.4, 0.5) is 0 Å². The van der Waals surface area contributed by atoms with Gasteiger partial charge in [0, 0.05) is 31.8 Å². The Kier molecular flexibility index (Phi) is 4.81. The molecular weight excluding hydrogens is 328 g/mol. The molecule has 2 heterocycles. The third-order valence-electron chi connectivity index (χ3n) is 3.51. The Morgan fingerprint density at radius 3 is 2.79 bits per heavy atom. The maximum atomic E-state index is 12.0. The fourth-order valence-corrected chi connectivity index (χ4v) is 2.46. The molecule has 0 unspecified atom stereocenters. The van der Waals surface area contributed by atoms with Gasteiger partial charge < -0.3 is 9.88 Å². The summed E-state index contributed by atoms with van der Waals surface area (Å²) in [4.78, 5) is 19.7. The number of hydrogen-bond donors (Lipinski definition) is 1. The van der Waals surface area contributed by atoms with Gasteiger partial charge in [-0.2, -0.15) is 0 Å². The van der Waals surface area contributed by atoms with Crippen LogP contribution in [-0.2, 0) is 13.5 Å². The first-order valence-electron chi connectivity index (χ1n) is 7.34. The van der Waals surface area contributed by atoms with Crippen LogP contribution in [0, 0.1) is 0 Å². The Hall–Kier alpha value is -2.80. The summed E-state index contributed by atoms with van der Waals surface area (Å²) in [5, 5.41) is 11.4. The molecule has 7 nitrogen and oxygen atoms in total. The molecular formula is C16H15ClN6O. The van der Waals surface area contributed by atoms with Crippen molar-refractivity contribution in [3.05, 3.63) is 59.4 Å². The molecule has 1 N–H and O–H groups in total. The van der Waals surface area contributed by atoms with Crippen LogP contribution in [0.1, 0.15) is 16.3 Å². The zero-order valence-corrected chi connectivity index (χ0v) is 13.7. The smallest absolute Gasteiger partial charge is 0.271 e. The average molecular weight is 343 g/mol. The van der Waals surface area contributed by atoms with Crippen molar-refractivity contribution < 1.29 is 4.79 Å². The van der Waals surface area contributed by atoms with Gasteiger partial charge in [-0.3, -0.25) is 4.79 Å². The summed E-state index contributed by atoms with van der Waals surface area (Å²) in [5.41, 5.74) is 1.16. The molecule has 0 fully saturated rings. The van der Waals surface area contributed by atoms with E-state index in [1.807, 2.05) is 41.9 Å². The minimum absolute atomic E-state index is 0.162. The molecule has 0 aliphatic carbocycles. The second-order valence-corrected chi connectivity index (χ2v) is 5.50. The Bertz CT molecular complexity index is 849. The molecule has 2 aromatic heterocycles. The quantitative estimate of drug-likeness (QED) is 0.765. The molecule has 1 aromatic carbocycles. The van der Waals surface area contributed by atoms with Crippen molar-refractivity contribution in [1.82, 2.24) is 30.0 Å². The van der Waals surface area contributed by atoms with Gasteiger partial charge in [0.1, 0.15) is 17.8 Å². The topological polar surface area (TPSA) is 85.6 Å². The molecule has 0 spiro atoms. The molecule has 3 aromatic rings. The van der Waals surface area contributed by atoms with Crippen molar-refractivity contribution in [2.24, 2.45) is 7.05 Å². The van der Waals surface area contributed by atoms with Crippen LogP contribution in [0.3, 0.4) is 0 Å². The predicted molar refractivity (Wildman–Crippen MR) is 89.5 cm³/mol. The summed E-state index contributed by atoms with van der Waals surface area (Å²) in [6.45, 7) is 0.403. The van der Waals surface area contributed by atoms with Gasteiger partial charge >= 0.3 is 0 Å².